The Balaban J connectivity index is 2.59. The normalized spacial score (nSPS) is 13.1. The monoisotopic (exact) mass is 409 g/mol. The lowest BCUT2D eigenvalue weighted by molar-refractivity contribution is -0.143. The van der Waals surface area contributed by atoms with E-state index in [4.69, 9.17) is 27.0 Å². The average Bonchev–Trinajstić information content (AvgIpc) is 2.63. The summed E-state index contributed by atoms with van der Waals surface area (Å²) in [5.41, 5.74) is 15.8. The van der Waals surface area contributed by atoms with Gasteiger partial charge in [0.05, 0.1) is 6.04 Å². The van der Waals surface area contributed by atoms with Crippen molar-refractivity contribution < 1.29 is 29.0 Å². The van der Waals surface area contributed by atoms with Crippen LogP contribution in [-0.4, -0.2) is 46.6 Å². The van der Waals surface area contributed by atoms with Crippen LogP contribution in [0.25, 0.3) is 0 Å². The van der Waals surface area contributed by atoms with Gasteiger partial charge in [-0.25, -0.2) is 9.59 Å². The number of aliphatic carboxylic acids is 1. The van der Waals surface area contributed by atoms with Gasteiger partial charge in [-0.3, -0.25) is 9.59 Å². The van der Waals surface area contributed by atoms with Gasteiger partial charge in [0.1, 0.15) is 18.2 Å². The number of carbonyl (C=O) groups excluding carboxylic acids is 3. The van der Waals surface area contributed by atoms with E-state index in [1.807, 2.05) is 0 Å². The number of nitrogens with one attached hydrogen (secondary N) is 2. The van der Waals surface area contributed by atoms with Gasteiger partial charge in [0.2, 0.25) is 11.8 Å². The minimum absolute atomic E-state index is 0.0749. The number of primary amides is 2. The maximum absolute atomic E-state index is 11.7. The number of amides is 3. The van der Waals surface area contributed by atoms with Crippen molar-refractivity contribution in [2.24, 2.45) is 17.2 Å². The summed E-state index contributed by atoms with van der Waals surface area (Å²) in [6, 6.07) is 5.02. The molecule has 1 aromatic rings. The Bertz CT molecular complexity index is 750. The average molecular weight is 409 g/mol. The molecule has 1 unspecified atom stereocenters. The second kappa shape index (κ2) is 10.3. The molecule has 2 atom stereocenters. The predicted octanol–water partition coefficient (Wildman–Crippen LogP) is -0.365. The molecule has 0 aliphatic heterocycles. The largest absolute Gasteiger partial charge is 0.480 e. The first kappa shape index (κ1) is 23.7. The van der Waals surface area contributed by atoms with Crippen molar-refractivity contribution in [3.63, 3.8) is 0 Å². The van der Waals surface area contributed by atoms with Crippen molar-refractivity contribution in [2.45, 2.75) is 50.9 Å². The fourth-order valence-corrected chi connectivity index (χ4v) is 2.17. The van der Waals surface area contributed by atoms with Crippen molar-refractivity contribution in [1.29, 1.82) is 0 Å². The Morgan fingerprint density at radius 3 is 2.14 bits per heavy atom. The number of ether oxygens (including phenoxy) is 1. The van der Waals surface area contributed by atoms with Crippen LogP contribution in [0.3, 0.4) is 0 Å². The molecule has 9 N–H and O–H groups in total. The van der Waals surface area contributed by atoms with Gasteiger partial charge in [0.15, 0.2) is 0 Å². The summed E-state index contributed by atoms with van der Waals surface area (Å²) < 4.78 is 5.00. The van der Waals surface area contributed by atoms with Gasteiger partial charge in [0, 0.05) is 5.69 Å². The molecule has 0 saturated carbocycles. The summed E-state index contributed by atoms with van der Waals surface area (Å²) in [6.45, 7) is 2.60. The third kappa shape index (κ3) is 8.05. The third-order valence-electron chi connectivity index (χ3n) is 4.09. The molecule has 3 amide bonds. The van der Waals surface area contributed by atoms with E-state index in [1.54, 1.807) is 24.3 Å². The Morgan fingerprint density at radius 1 is 1.07 bits per heavy atom. The molecule has 0 spiro atoms. The van der Waals surface area contributed by atoms with Gasteiger partial charge in [-0.15, -0.1) is 0 Å². The van der Waals surface area contributed by atoms with Crippen molar-refractivity contribution in [2.75, 3.05) is 5.32 Å². The van der Waals surface area contributed by atoms with Crippen molar-refractivity contribution in [3.05, 3.63) is 29.8 Å². The van der Waals surface area contributed by atoms with Crippen molar-refractivity contribution >= 4 is 29.6 Å². The highest BCUT2D eigenvalue weighted by Crippen LogP contribution is 2.14. The van der Waals surface area contributed by atoms with E-state index < -0.39 is 41.5 Å². The maximum atomic E-state index is 11.7. The van der Waals surface area contributed by atoms with Crippen LogP contribution >= 0.6 is 0 Å². The minimum atomic E-state index is -1.45. The van der Waals surface area contributed by atoms with Crippen molar-refractivity contribution in [1.82, 2.24) is 5.32 Å². The van der Waals surface area contributed by atoms with E-state index in [0.29, 0.717) is 11.3 Å². The van der Waals surface area contributed by atoms with Gasteiger partial charge in [-0.2, -0.15) is 0 Å². The number of carboxylic acids is 1. The van der Waals surface area contributed by atoms with E-state index >= 15 is 0 Å². The zero-order valence-corrected chi connectivity index (χ0v) is 16.3. The lowest BCUT2D eigenvalue weighted by Crippen LogP contribution is -2.49. The highest BCUT2D eigenvalue weighted by atomic mass is 16.5. The molecule has 1 aromatic carbocycles. The van der Waals surface area contributed by atoms with Crippen LogP contribution in [0.4, 0.5) is 10.5 Å². The van der Waals surface area contributed by atoms with Crippen LogP contribution in [0, 0.1) is 0 Å². The van der Waals surface area contributed by atoms with E-state index in [0.717, 1.165) is 0 Å². The predicted molar refractivity (Wildman–Crippen MR) is 104 cm³/mol. The molecule has 29 heavy (non-hydrogen) atoms. The van der Waals surface area contributed by atoms with Crippen LogP contribution in [-0.2, 0) is 25.7 Å². The number of hydrogen-bond donors (Lipinski definition) is 6. The lowest BCUT2D eigenvalue weighted by atomic mass is 10.1. The Kier molecular flexibility index (Phi) is 8.39. The van der Waals surface area contributed by atoms with E-state index in [9.17, 15) is 19.2 Å². The number of rotatable bonds is 11. The van der Waals surface area contributed by atoms with Crippen LogP contribution in [0.1, 0.15) is 32.3 Å². The van der Waals surface area contributed by atoms with Gasteiger partial charge in [-0.1, -0.05) is 12.1 Å². The molecule has 0 aromatic heterocycles. The zero-order chi connectivity index (χ0) is 22.2. The molecule has 0 radical (unpaired) electrons. The summed E-state index contributed by atoms with van der Waals surface area (Å²) in [5.74, 6) is -2.45. The molecular weight excluding hydrogens is 382 g/mol. The number of benzene rings is 1. The summed E-state index contributed by atoms with van der Waals surface area (Å²) in [4.78, 5) is 45.3. The molecule has 0 heterocycles. The topological polar surface area (TPSA) is 200 Å². The SMILES string of the molecule is CC(C)(NC(=O)OCc1ccc(N[C@@H](CCC(N)C(N)=O)C(N)=O)cc1)C(=O)O. The van der Waals surface area contributed by atoms with Crippen LogP contribution in [0.15, 0.2) is 24.3 Å². The fraction of sp³-hybridized carbons (Fsp3) is 0.444. The molecule has 1 rings (SSSR count). The summed E-state index contributed by atoms with van der Waals surface area (Å²) in [7, 11) is 0. The Labute approximate surface area is 167 Å². The molecule has 160 valence electrons. The maximum Gasteiger partial charge on any atom is 0.408 e. The quantitative estimate of drug-likeness (QED) is 0.284. The van der Waals surface area contributed by atoms with E-state index in [2.05, 4.69) is 10.6 Å². The zero-order valence-electron chi connectivity index (χ0n) is 16.3. The summed E-state index contributed by atoms with van der Waals surface area (Å²) >= 11 is 0. The summed E-state index contributed by atoms with van der Waals surface area (Å²) in [5, 5.41) is 14.2. The fourth-order valence-electron chi connectivity index (χ4n) is 2.17. The lowest BCUT2D eigenvalue weighted by Gasteiger charge is -2.20. The van der Waals surface area contributed by atoms with Crippen LogP contribution in [0.2, 0.25) is 0 Å². The number of carboxylic acid groups (broad SMARTS) is 1. The second-order valence-corrected chi connectivity index (χ2v) is 7.01. The molecule has 0 bridgehead atoms. The van der Waals surface area contributed by atoms with Gasteiger partial charge >= 0.3 is 12.1 Å². The standard InChI is InChI=1S/C18H27N5O6/c1-18(2,16(26)27)23-17(28)29-9-10-3-5-11(6-4-10)22-13(15(21)25)8-7-12(19)14(20)24/h3-6,12-13,22H,7-9,19H2,1-2H3,(H2,20,24)(H2,21,25)(H,23,28)(H,26,27)/t12?,13-/m0/s1. The molecule has 11 heteroatoms. The van der Waals surface area contributed by atoms with Crippen LogP contribution < -0.4 is 27.8 Å². The molecule has 11 nitrogen and oxygen atoms in total. The Hall–Kier alpha value is -3.34. The number of anilines is 1. The van der Waals surface area contributed by atoms with Gasteiger partial charge in [0.25, 0.3) is 0 Å². The smallest absolute Gasteiger partial charge is 0.408 e. The number of hydrogen-bond acceptors (Lipinski definition) is 7. The molecule has 0 aliphatic carbocycles. The number of carbonyl (C=O) groups is 4. The van der Waals surface area contributed by atoms with E-state index in [-0.39, 0.29) is 19.4 Å². The second-order valence-electron chi connectivity index (χ2n) is 7.01. The molecular formula is C18H27N5O6. The minimum Gasteiger partial charge on any atom is -0.480 e. The first-order valence-corrected chi connectivity index (χ1v) is 8.80. The summed E-state index contributed by atoms with van der Waals surface area (Å²) in [6.07, 6.45) is -0.438. The van der Waals surface area contributed by atoms with Crippen LogP contribution in [0.5, 0.6) is 0 Å². The van der Waals surface area contributed by atoms with E-state index in [1.165, 1.54) is 13.8 Å². The Morgan fingerprint density at radius 2 is 1.66 bits per heavy atom. The third-order valence-corrected chi connectivity index (χ3v) is 4.09. The number of nitrogens with two attached hydrogens (primary N) is 3. The first-order valence-electron chi connectivity index (χ1n) is 8.80. The van der Waals surface area contributed by atoms with Crippen molar-refractivity contribution in [3.8, 4) is 0 Å². The number of alkyl carbamates (subject to hydrolysis) is 1. The first-order chi connectivity index (χ1) is 13.4. The highest BCUT2D eigenvalue weighted by Gasteiger charge is 2.29. The molecule has 0 aliphatic rings. The molecule has 0 saturated heterocycles. The van der Waals surface area contributed by atoms with Gasteiger partial charge in [-0.05, 0) is 44.4 Å². The van der Waals surface area contributed by atoms with Gasteiger partial charge < -0.3 is 37.7 Å². The highest BCUT2D eigenvalue weighted by molar-refractivity contribution is 5.84. The molecule has 0 fully saturated rings.